The number of benzene rings is 1. The number of hydrogen-bond donors (Lipinski definition) is 2. The zero-order valence-corrected chi connectivity index (χ0v) is 15.9. The summed E-state index contributed by atoms with van der Waals surface area (Å²) in [7, 11) is 3.14. The highest BCUT2D eigenvalue weighted by atomic mass is 32.1. The summed E-state index contributed by atoms with van der Waals surface area (Å²) in [5, 5.41) is 6.70. The van der Waals surface area contributed by atoms with Crippen molar-refractivity contribution >= 4 is 23.3 Å². The first kappa shape index (κ1) is 19.0. The molecule has 1 atom stereocenters. The van der Waals surface area contributed by atoms with Gasteiger partial charge < -0.3 is 15.4 Å². The second-order valence-electron chi connectivity index (χ2n) is 5.88. The third kappa shape index (κ3) is 5.90. The fourth-order valence-corrected chi connectivity index (χ4v) is 3.46. The van der Waals surface area contributed by atoms with Gasteiger partial charge in [0.05, 0.1) is 12.7 Å². The van der Waals surface area contributed by atoms with Gasteiger partial charge in [0, 0.05) is 35.8 Å². The van der Waals surface area contributed by atoms with Crippen LogP contribution in [0.25, 0.3) is 0 Å². The molecular formula is C19H25N3O2S. The molecule has 2 aromatic rings. The Morgan fingerprint density at radius 3 is 2.52 bits per heavy atom. The summed E-state index contributed by atoms with van der Waals surface area (Å²) in [6.45, 7) is 4.90. The summed E-state index contributed by atoms with van der Waals surface area (Å²) in [5.74, 6) is 0.437. The molecule has 2 N–H and O–H groups in total. The minimum atomic E-state index is -0.324. The van der Waals surface area contributed by atoms with E-state index in [4.69, 9.17) is 4.74 Å². The molecule has 0 fully saturated rings. The highest BCUT2D eigenvalue weighted by Gasteiger charge is 2.08. The van der Waals surface area contributed by atoms with Gasteiger partial charge in [-0.05, 0) is 43.7 Å². The maximum Gasteiger partial charge on any atom is 0.337 e. The summed E-state index contributed by atoms with van der Waals surface area (Å²) in [6.07, 6.45) is 0.965. The van der Waals surface area contributed by atoms with E-state index in [2.05, 4.69) is 41.6 Å². The number of nitrogens with zero attached hydrogens (tertiary/aromatic N) is 1. The lowest BCUT2D eigenvalue weighted by molar-refractivity contribution is 0.0600. The van der Waals surface area contributed by atoms with Crippen molar-refractivity contribution in [3.05, 3.63) is 57.3 Å². The van der Waals surface area contributed by atoms with Gasteiger partial charge in [-0.3, -0.25) is 4.99 Å². The molecular weight excluding hydrogens is 334 g/mol. The molecule has 134 valence electrons. The van der Waals surface area contributed by atoms with Gasteiger partial charge in [0.1, 0.15) is 0 Å². The second-order valence-corrected chi connectivity index (χ2v) is 7.25. The molecule has 0 saturated carbocycles. The molecule has 0 bridgehead atoms. The Labute approximate surface area is 153 Å². The van der Waals surface area contributed by atoms with Crippen molar-refractivity contribution < 1.29 is 9.53 Å². The fourth-order valence-electron chi connectivity index (χ4n) is 2.44. The number of thiophene rings is 1. The Balaban J connectivity index is 1.84. The Morgan fingerprint density at radius 2 is 1.96 bits per heavy atom. The van der Waals surface area contributed by atoms with Crippen molar-refractivity contribution in [1.82, 2.24) is 10.6 Å². The second kappa shape index (κ2) is 9.22. The van der Waals surface area contributed by atoms with E-state index in [9.17, 15) is 4.79 Å². The molecule has 0 amide bonds. The summed E-state index contributed by atoms with van der Waals surface area (Å²) < 4.78 is 4.70. The normalized spacial score (nSPS) is 12.6. The van der Waals surface area contributed by atoms with Crippen LogP contribution in [0.15, 0.2) is 41.4 Å². The molecule has 5 nitrogen and oxygen atoms in total. The lowest BCUT2D eigenvalue weighted by Crippen LogP contribution is -2.42. The van der Waals surface area contributed by atoms with Crippen molar-refractivity contribution in [2.45, 2.75) is 32.9 Å². The van der Waals surface area contributed by atoms with E-state index in [1.807, 2.05) is 23.5 Å². The average Bonchev–Trinajstić information content (AvgIpc) is 3.02. The number of hydrogen-bond acceptors (Lipinski definition) is 4. The van der Waals surface area contributed by atoms with Crippen LogP contribution in [0.3, 0.4) is 0 Å². The number of rotatable bonds is 6. The molecule has 0 spiro atoms. The lowest BCUT2D eigenvalue weighted by atomic mass is 10.1. The third-order valence-corrected chi connectivity index (χ3v) is 4.77. The molecule has 1 aromatic carbocycles. The maximum absolute atomic E-state index is 11.4. The Morgan fingerprint density at radius 1 is 1.24 bits per heavy atom. The number of aryl methyl sites for hydroxylation is 1. The standard InChI is InChI=1S/C19H25N3O2S/c1-13(11-17-10-5-14(2)25-17)22-19(20-3)21-12-15-6-8-16(9-7-15)18(23)24-4/h5-10,13H,11-12H2,1-4H3,(H2,20,21,22). The molecule has 0 radical (unpaired) electrons. The number of carbonyl (C=O) groups is 1. The van der Waals surface area contributed by atoms with Crippen molar-refractivity contribution in [3.63, 3.8) is 0 Å². The highest BCUT2D eigenvalue weighted by molar-refractivity contribution is 7.11. The van der Waals surface area contributed by atoms with Crippen LogP contribution in [-0.4, -0.2) is 32.1 Å². The third-order valence-electron chi connectivity index (χ3n) is 3.75. The van der Waals surface area contributed by atoms with Gasteiger partial charge in [-0.25, -0.2) is 4.79 Å². The summed E-state index contributed by atoms with van der Waals surface area (Å²) in [4.78, 5) is 18.4. The molecule has 2 rings (SSSR count). The number of methoxy groups -OCH3 is 1. The fraction of sp³-hybridized carbons (Fsp3) is 0.368. The topological polar surface area (TPSA) is 62.7 Å². The van der Waals surface area contributed by atoms with Crippen LogP contribution in [0, 0.1) is 6.92 Å². The van der Waals surface area contributed by atoms with Crippen LogP contribution in [0.5, 0.6) is 0 Å². The first-order valence-electron chi connectivity index (χ1n) is 8.21. The van der Waals surface area contributed by atoms with Crippen LogP contribution < -0.4 is 10.6 Å². The lowest BCUT2D eigenvalue weighted by Gasteiger charge is -2.17. The van der Waals surface area contributed by atoms with E-state index >= 15 is 0 Å². The minimum Gasteiger partial charge on any atom is -0.465 e. The molecule has 0 saturated heterocycles. The first-order valence-corrected chi connectivity index (χ1v) is 9.03. The maximum atomic E-state index is 11.4. The van der Waals surface area contributed by atoms with Crippen LogP contribution in [0.2, 0.25) is 0 Å². The molecule has 0 aliphatic carbocycles. The summed E-state index contributed by atoms with van der Waals surface area (Å²) >= 11 is 1.83. The Hall–Kier alpha value is -2.34. The largest absolute Gasteiger partial charge is 0.465 e. The first-order chi connectivity index (χ1) is 12.0. The number of ether oxygens (including phenoxy) is 1. The summed E-state index contributed by atoms with van der Waals surface area (Å²) in [6, 6.07) is 12.0. The highest BCUT2D eigenvalue weighted by Crippen LogP contribution is 2.16. The Kier molecular flexibility index (Phi) is 7.01. The number of guanidine groups is 1. The van der Waals surface area contributed by atoms with Gasteiger partial charge >= 0.3 is 5.97 Å². The molecule has 1 unspecified atom stereocenters. The smallest absolute Gasteiger partial charge is 0.337 e. The van der Waals surface area contributed by atoms with E-state index in [1.165, 1.54) is 16.9 Å². The van der Waals surface area contributed by atoms with E-state index in [1.54, 1.807) is 19.2 Å². The zero-order chi connectivity index (χ0) is 18.2. The SMILES string of the molecule is CN=C(NCc1ccc(C(=O)OC)cc1)NC(C)Cc1ccc(C)s1. The average molecular weight is 359 g/mol. The van der Waals surface area contributed by atoms with Gasteiger partial charge in [-0.2, -0.15) is 0 Å². The van der Waals surface area contributed by atoms with Gasteiger partial charge in [0.15, 0.2) is 5.96 Å². The van der Waals surface area contributed by atoms with Crippen LogP contribution >= 0.6 is 11.3 Å². The van der Waals surface area contributed by atoms with Crippen molar-refractivity contribution in [1.29, 1.82) is 0 Å². The number of aliphatic imine (C=N–C) groups is 1. The van der Waals surface area contributed by atoms with Gasteiger partial charge in [0.2, 0.25) is 0 Å². The van der Waals surface area contributed by atoms with Crippen molar-refractivity contribution in [3.8, 4) is 0 Å². The van der Waals surface area contributed by atoms with E-state index in [0.29, 0.717) is 12.1 Å². The van der Waals surface area contributed by atoms with Crippen LogP contribution in [-0.2, 0) is 17.7 Å². The monoisotopic (exact) mass is 359 g/mol. The molecule has 0 aliphatic heterocycles. The number of nitrogens with one attached hydrogen (secondary N) is 2. The van der Waals surface area contributed by atoms with Crippen LogP contribution in [0.4, 0.5) is 0 Å². The van der Waals surface area contributed by atoms with E-state index < -0.39 is 0 Å². The minimum absolute atomic E-state index is 0.283. The zero-order valence-electron chi connectivity index (χ0n) is 15.1. The predicted octanol–water partition coefficient (Wildman–Crippen LogP) is 3.14. The predicted molar refractivity (Wildman–Crippen MR) is 103 cm³/mol. The van der Waals surface area contributed by atoms with Gasteiger partial charge in [-0.1, -0.05) is 12.1 Å². The Bertz CT molecular complexity index is 723. The molecule has 1 heterocycles. The van der Waals surface area contributed by atoms with Crippen molar-refractivity contribution in [2.75, 3.05) is 14.2 Å². The molecule has 6 heteroatoms. The van der Waals surface area contributed by atoms with Crippen molar-refractivity contribution in [2.24, 2.45) is 4.99 Å². The quantitative estimate of drug-likeness (QED) is 0.472. The van der Waals surface area contributed by atoms with Gasteiger partial charge in [-0.15, -0.1) is 11.3 Å². The molecule has 0 aliphatic rings. The number of esters is 1. The van der Waals surface area contributed by atoms with Gasteiger partial charge in [0.25, 0.3) is 0 Å². The van der Waals surface area contributed by atoms with E-state index in [-0.39, 0.29) is 12.0 Å². The number of carbonyl (C=O) groups excluding carboxylic acids is 1. The molecule has 1 aromatic heterocycles. The van der Waals surface area contributed by atoms with Crippen LogP contribution in [0.1, 0.15) is 32.6 Å². The van der Waals surface area contributed by atoms with E-state index in [0.717, 1.165) is 17.9 Å². The summed E-state index contributed by atoms with van der Waals surface area (Å²) in [5.41, 5.74) is 1.62. The molecule has 25 heavy (non-hydrogen) atoms.